The highest BCUT2D eigenvalue weighted by Crippen LogP contribution is 2.23. The van der Waals surface area contributed by atoms with Gasteiger partial charge < -0.3 is 4.90 Å². The molecule has 0 aromatic rings. The van der Waals surface area contributed by atoms with Crippen LogP contribution in [0.2, 0.25) is 0 Å². The molecule has 0 radical (unpaired) electrons. The summed E-state index contributed by atoms with van der Waals surface area (Å²) in [7, 11) is -4.99. The van der Waals surface area contributed by atoms with Gasteiger partial charge in [0.05, 0.1) is 0 Å². The van der Waals surface area contributed by atoms with Crippen molar-refractivity contribution in [2.75, 3.05) is 72.5 Å². The van der Waals surface area contributed by atoms with Gasteiger partial charge in [-0.3, -0.25) is 0 Å². The van der Waals surface area contributed by atoms with Crippen LogP contribution in [-0.2, 0) is 20.4 Å². The Balaban J connectivity index is 1.60. The van der Waals surface area contributed by atoms with Crippen molar-refractivity contribution >= 4 is 20.4 Å². The fourth-order valence-electron chi connectivity index (χ4n) is 3.58. The average Bonchev–Trinajstić information content (AvgIpc) is 3.03. The van der Waals surface area contributed by atoms with Crippen molar-refractivity contribution in [3.63, 3.8) is 0 Å². The molecule has 0 aromatic heterocycles. The molecule has 9 nitrogen and oxygen atoms in total. The number of piperazine rings is 2. The summed E-state index contributed by atoms with van der Waals surface area (Å²) in [5.74, 6) is 0.383. The smallest absolute Gasteiger partial charge is 0.282 e. The highest BCUT2D eigenvalue weighted by Gasteiger charge is 2.39. The Labute approximate surface area is 151 Å². The van der Waals surface area contributed by atoms with E-state index in [0.29, 0.717) is 32.1 Å². The van der Waals surface area contributed by atoms with Crippen molar-refractivity contribution in [3.8, 4) is 0 Å². The molecule has 0 aliphatic carbocycles. The summed E-state index contributed by atoms with van der Waals surface area (Å²) in [5, 5.41) is 0. The molecule has 3 heterocycles. The van der Waals surface area contributed by atoms with E-state index in [4.69, 9.17) is 0 Å². The molecule has 3 aliphatic heterocycles. The minimum Gasteiger partial charge on any atom is -0.304 e. The van der Waals surface area contributed by atoms with E-state index in [-0.39, 0.29) is 26.2 Å². The number of likely N-dealkylation sites (N-methyl/N-ethyl adjacent to an activating group) is 1. The largest absolute Gasteiger partial charge is 0.304 e. The van der Waals surface area contributed by atoms with Crippen LogP contribution in [0, 0.1) is 5.92 Å². The molecular formula is C14H29N5O4S2. The lowest BCUT2D eigenvalue weighted by Crippen LogP contribution is -2.58. The van der Waals surface area contributed by atoms with Gasteiger partial charge in [-0.1, -0.05) is 6.92 Å². The fraction of sp³-hybridized carbons (Fsp3) is 1.00. The molecule has 0 bridgehead atoms. The maximum atomic E-state index is 12.8. The van der Waals surface area contributed by atoms with Gasteiger partial charge in [-0.05, 0) is 19.4 Å². The summed E-state index contributed by atoms with van der Waals surface area (Å²) >= 11 is 0. The van der Waals surface area contributed by atoms with Crippen molar-refractivity contribution in [2.45, 2.75) is 13.3 Å². The zero-order valence-electron chi connectivity index (χ0n) is 15.0. The quantitative estimate of drug-likeness (QED) is 0.590. The first-order valence-corrected chi connectivity index (χ1v) is 11.7. The Kier molecular flexibility index (Phi) is 5.74. The number of hydrogen-bond acceptors (Lipinski definition) is 5. The molecule has 146 valence electrons. The van der Waals surface area contributed by atoms with Crippen LogP contribution in [0.25, 0.3) is 0 Å². The summed E-state index contributed by atoms with van der Waals surface area (Å²) in [6, 6.07) is 0. The summed E-state index contributed by atoms with van der Waals surface area (Å²) in [6.45, 7) is 6.48. The topological polar surface area (TPSA) is 84.5 Å². The van der Waals surface area contributed by atoms with E-state index < -0.39 is 20.4 Å². The van der Waals surface area contributed by atoms with E-state index in [1.165, 1.54) is 17.2 Å². The van der Waals surface area contributed by atoms with Gasteiger partial charge in [0.25, 0.3) is 20.4 Å². The molecule has 0 saturated carbocycles. The predicted octanol–water partition coefficient (Wildman–Crippen LogP) is -1.32. The Morgan fingerprint density at radius 1 is 0.640 bits per heavy atom. The second-order valence-corrected chi connectivity index (χ2v) is 11.1. The molecule has 0 spiro atoms. The normalized spacial score (nSPS) is 30.1. The molecular weight excluding hydrogens is 366 g/mol. The molecule has 3 aliphatic rings. The molecule has 3 fully saturated rings. The minimum absolute atomic E-state index is 0.220. The second kappa shape index (κ2) is 7.37. The van der Waals surface area contributed by atoms with Crippen LogP contribution in [0.15, 0.2) is 0 Å². The molecule has 25 heavy (non-hydrogen) atoms. The van der Waals surface area contributed by atoms with Crippen LogP contribution in [0.4, 0.5) is 0 Å². The van der Waals surface area contributed by atoms with E-state index in [9.17, 15) is 16.8 Å². The Bertz CT molecular complexity index is 667. The molecule has 1 atom stereocenters. The summed E-state index contributed by atoms with van der Waals surface area (Å²) in [4.78, 5) is 2.10. The Morgan fingerprint density at radius 2 is 1.04 bits per heavy atom. The molecule has 3 rings (SSSR count). The highest BCUT2D eigenvalue weighted by molar-refractivity contribution is 7.87. The molecule has 11 heteroatoms. The van der Waals surface area contributed by atoms with Crippen molar-refractivity contribution in [2.24, 2.45) is 5.92 Å². The molecule has 3 saturated heterocycles. The zero-order chi connectivity index (χ0) is 18.2. The van der Waals surface area contributed by atoms with Gasteiger partial charge in [0.1, 0.15) is 0 Å². The van der Waals surface area contributed by atoms with Gasteiger partial charge in [0.15, 0.2) is 0 Å². The van der Waals surface area contributed by atoms with E-state index in [1.807, 2.05) is 7.05 Å². The van der Waals surface area contributed by atoms with Crippen molar-refractivity contribution in [3.05, 3.63) is 0 Å². The summed E-state index contributed by atoms with van der Waals surface area (Å²) in [5.41, 5.74) is 0. The fourth-order valence-corrected chi connectivity index (χ4v) is 6.89. The van der Waals surface area contributed by atoms with Gasteiger partial charge in [-0.15, -0.1) is 0 Å². The molecule has 0 aromatic carbocycles. The maximum Gasteiger partial charge on any atom is 0.282 e. The van der Waals surface area contributed by atoms with Crippen LogP contribution in [0.5, 0.6) is 0 Å². The van der Waals surface area contributed by atoms with Crippen molar-refractivity contribution in [1.29, 1.82) is 0 Å². The number of nitrogens with zero attached hydrogens (tertiary/aromatic N) is 5. The first-order valence-electron chi connectivity index (χ1n) is 8.90. The maximum absolute atomic E-state index is 12.8. The zero-order valence-corrected chi connectivity index (χ0v) is 16.7. The average molecular weight is 396 g/mol. The van der Waals surface area contributed by atoms with Gasteiger partial charge in [-0.25, -0.2) is 0 Å². The molecule has 0 N–H and O–H groups in total. The van der Waals surface area contributed by atoms with Crippen LogP contribution < -0.4 is 0 Å². The van der Waals surface area contributed by atoms with Crippen LogP contribution in [-0.4, -0.2) is 111 Å². The Hall–Kier alpha value is -0.300. The first-order chi connectivity index (χ1) is 11.7. The lowest BCUT2D eigenvalue weighted by Gasteiger charge is -2.39. The van der Waals surface area contributed by atoms with Gasteiger partial charge in [0.2, 0.25) is 0 Å². The van der Waals surface area contributed by atoms with Crippen LogP contribution in [0.1, 0.15) is 13.3 Å². The lowest BCUT2D eigenvalue weighted by atomic mass is 10.2. The van der Waals surface area contributed by atoms with Crippen LogP contribution >= 0.6 is 0 Å². The van der Waals surface area contributed by atoms with Gasteiger partial charge in [0, 0.05) is 65.4 Å². The van der Waals surface area contributed by atoms with E-state index in [0.717, 1.165) is 19.5 Å². The number of hydrogen-bond donors (Lipinski definition) is 0. The third-order valence-corrected chi connectivity index (χ3v) is 9.39. The van der Waals surface area contributed by atoms with E-state index in [2.05, 4.69) is 11.8 Å². The van der Waals surface area contributed by atoms with Gasteiger partial charge in [-0.2, -0.15) is 34.1 Å². The molecule has 1 unspecified atom stereocenters. The van der Waals surface area contributed by atoms with Crippen molar-refractivity contribution in [1.82, 2.24) is 22.1 Å². The second-order valence-electron chi connectivity index (χ2n) is 7.27. The van der Waals surface area contributed by atoms with Crippen LogP contribution in [0.3, 0.4) is 0 Å². The standard InChI is InChI=1S/C14H29N5O4S2/c1-14-3-4-19(13-14)25(22,23)18-11-9-17(10-12-18)24(20,21)16-7-5-15(2)6-8-16/h14H,3-13H2,1-2H3. The third-order valence-electron chi connectivity index (χ3n) is 5.35. The lowest BCUT2D eigenvalue weighted by molar-refractivity contribution is 0.199. The summed E-state index contributed by atoms with van der Waals surface area (Å²) < 4.78 is 56.8. The highest BCUT2D eigenvalue weighted by atomic mass is 32.2. The monoisotopic (exact) mass is 395 g/mol. The van der Waals surface area contributed by atoms with E-state index >= 15 is 0 Å². The minimum atomic E-state index is -3.50. The van der Waals surface area contributed by atoms with Gasteiger partial charge >= 0.3 is 0 Å². The third kappa shape index (κ3) is 4.02. The predicted molar refractivity (Wildman–Crippen MR) is 95.4 cm³/mol. The van der Waals surface area contributed by atoms with E-state index in [1.54, 1.807) is 0 Å². The first kappa shape index (κ1) is 19.5. The summed E-state index contributed by atoms with van der Waals surface area (Å²) in [6.07, 6.45) is 0.886. The van der Waals surface area contributed by atoms with Crippen molar-refractivity contribution < 1.29 is 16.8 Å². The number of rotatable bonds is 4. The molecule has 0 amide bonds. The Morgan fingerprint density at radius 3 is 1.44 bits per heavy atom. The SMILES string of the molecule is CC1CCN(S(=O)(=O)N2CCN(S(=O)(=O)N3CCN(C)CC3)CC2)C1.